The Bertz CT molecular complexity index is 452. The molecule has 0 aromatic heterocycles. The van der Waals surface area contributed by atoms with Crippen LogP contribution in [-0.2, 0) is 22.4 Å². The normalized spacial score (nSPS) is 9.83. The van der Waals surface area contributed by atoms with Crippen molar-refractivity contribution in [2.75, 3.05) is 11.9 Å². The average Bonchev–Trinajstić information content (AvgIpc) is 2.36. The number of ether oxygens (including phenoxy) is 1. The van der Waals surface area contributed by atoms with Gasteiger partial charge in [0.25, 0.3) is 0 Å². The molecule has 0 aliphatic rings. The molecule has 96 valence electrons. The Morgan fingerprint density at radius 2 is 2.28 bits per heavy atom. The van der Waals surface area contributed by atoms with Crippen molar-refractivity contribution in [1.29, 1.82) is 5.26 Å². The second-order valence-electron chi connectivity index (χ2n) is 3.88. The van der Waals surface area contributed by atoms with Crippen LogP contribution in [0.1, 0.15) is 30.0 Å². The van der Waals surface area contributed by atoms with Crippen LogP contribution >= 0.6 is 15.9 Å². The van der Waals surface area contributed by atoms with E-state index in [1.165, 1.54) is 0 Å². The van der Waals surface area contributed by atoms with Gasteiger partial charge in [0.1, 0.15) is 0 Å². The number of alkyl halides is 1. The van der Waals surface area contributed by atoms with Crippen LogP contribution in [0.25, 0.3) is 0 Å². The molecule has 0 aliphatic carbocycles. The molecule has 0 amide bonds. The highest BCUT2D eigenvalue weighted by atomic mass is 79.9. The number of nitriles is 1. The maximum absolute atomic E-state index is 11.4. The van der Waals surface area contributed by atoms with Crippen molar-refractivity contribution in [1.82, 2.24) is 0 Å². The van der Waals surface area contributed by atoms with Crippen molar-refractivity contribution in [3.8, 4) is 6.07 Å². The minimum absolute atomic E-state index is 0.228. The van der Waals surface area contributed by atoms with Crippen LogP contribution in [0.3, 0.4) is 0 Å². The number of aryl methyl sites for hydroxylation is 1. The highest BCUT2D eigenvalue weighted by Gasteiger charge is 2.07. The Hall–Kier alpha value is -1.34. The van der Waals surface area contributed by atoms with Crippen LogP contribution in [0, 0.1) is 11.3 Å². The minimum Gasteiger partial charge on any atom is -0.466 e. The van der Waals surface area contributed by atoms with Gasteiger partial charge in [0, 0.05) is 5.33 Å². The second kappa shape index (κ2) is 7.88. The monoisotopic (exact) mass is 309 g/mol. The lowest BCUT2D eigenvalue weighted by Gasteiger charge is -2.07. The number of hydrogen-bond donors (Lipinski definition) is 0. The quantitative estimate of drug-likeness (QED) is 0.599. The first-order chi connectivity index (χ1) is 8.71. The summed E-state index contributed by atoms with van der Waals surface area (Å²) in [7, 11) is 0. The van der Waals surface area contributed by atoms with E-state index in [0.717, 1.165) is 29.3 Å². The molecule has 0 spiro atoms. The van der Waals surface area contributed by atoms with Gasteiger partial charge in [-0.05, 0) is 37.0 Å². The van der Waals surface area contributed by atoms with Gasteiger partial charge >= 0.3 is 5.97 Å². The minimum atomic E-state index is -0.228. The fourth-order valence-electron chi connectivity index (χ4n) is 1.71. The molecule has 18 heavy (non-hydrogen) atoms. The van der Waals surface area contributed by atoms with Crippen molar-refractivity contribution in [2.24, 2.45) is 0 Å². The summed E-state index contributed by atoms with van der Waals surface area (Å²) in [5.74, 6) is -0.228. The zero-order valence-corrected chi connectivity index (χ0v) is 12.0. The number of nitrogens with zero attached hydrogens (tertiary/aromatic N) is 1. The van der Waals surface area contributed by atoms with Gasteiger partial charge in [-0.2, -0.15) is 5.26 Å². The number of hydrogen-bond acceptors (Lipinski definition) is 3. The maximum Gasteiger partial charge on any atom is 0.310 e. The summed E-state index contributed by atoms with van der Waals surface area (Å²) < 4.78 is 4.91. The number of rotatable bonds is 6. The SMILES string of the molecule is CCOC(=O)Cc1ccc(C#N)c(CCCBr)c1. The largest absolute Gasteiger partial charge is 0.466 e. The molecular formula is C14H16BrNO2. The summed E-state index contributed by atoms with van der Waals surface area (Å²) in [5, 5.41) is 9.92. The van der Waals surface area contributed by atoms with Crippen molar-refractivity contribution in [2.45, 2.75) is 26.2 Å². The number of carbonyl (C=O) groups excluding carboxylic acids is 1. The summed E-state index contributed by atoms with van der Waals surface area (Å²) in [6.45, 7) is 2.18. The molecule has 0 saturated carbocycles. The van der Waals surface area contributed by atoms with Crippen molar-refractivity contribution in [3.63, 3.8) is 0 Å². The topological polar surface area (TPSA) is 50.1 Å². The number of halogens is 1. The molecule has 0 fully saturated rings. The standard InChI is InChI=1S/C14H16BrNO2/c1-2-18-14(17)9-11-5-6-13(10-16)12(8-11)4-3-7-15/h5-6,8H,2-4,7,9H2,1H3. The average molecular weight is 310 g/mol. The Morgan fingerprint density at radius 1 is 1.50 bits per heavy atom. The molecular weight excluding hydrogens is 294 g/mol. The first-order valence-corrected chi connectivity index (χ1v) is 7.07. The smallest absolute Gasteiger partial charge is 0.310 e. The molecule has 0 saturated heterocycles. The third-order valence-corrected chi connectivity index (χ3v) is 3.08. The van der Waals surface area contributed by atoms with E-state index in [2.05, 4.69) is 22.0 Å². The summed E-state index contributed by atoms with van der Waals surface area (Å²) in [6, 6.07) is 7.70. The molecule has 0 aliphatic heterocycles. The molecule has 0 N–H and O–H groups in total. The van der Waals surface area contributed by atoms with E-state index in [1.54, 1.807) is 13.0 Å². The summed E-state index contributed by atoms with van der Waals surface area (Å²) >= 11 is 3.38. The lowest BCUT2D eigenvalue weighted by Crippen LogP contribution is -2.08. The zero-order chi connectivity index (χ0) is 13.4. The molecule has 0 radical (unpaired) electrons. The van der Waals surface area contributed by atoms with Gasteiger partial charge < -0.3 is 4.74 Å². The summed E-state index contributed by atoms with van der Waals surface area (Å²) in [5.41, 5.74) is 2.58. The van der Waals surface area contributed by atoms with E-state index in [9.17, 15) is 4.79 Å². The number of carbonyl (C=O) groups is 1. The molecule has 1 aromatic rings. The molecule has 3 nitrogen and oxygen atoms in total. The van der Waals surface area contributed by atoms with Crippen molar-refractivity contribution in [3.05, 3.63) is 34.9 Å². The third-order valence-electron chi connectivity index (χ3n) is 2.52. The van der Waals surface area contributed by atoms with E-state index in [1.807, 2.05) is 12.1 Å². The number of esters is 1. The molecule has 0 atom stereocenters. The van der Waals surface area contributed by atoms with Gasteiger partial charge in [-0.25, -0.2) is 0 Å². The predicted molar refractivity (Wildman–Crippen MR) is 73.6 cm³/mol. The highest BCUT2D eigenvalue weighted by Crippen LogP contribution is 2.15. The van der Waals surface area contributed by atoms with Crippen LogP contribution in [0.4, 0.5) is 0 Å². The summed E-state index contributed by atoms with van der Waals surface area (Å²) in [6.07, 6.45) is 2.07. The van der Waals surface area contributed by atoms with Gasteiger partial charge in [0.05, 0.1) is 24.7 Å². The van der Waals surface area contributed by atoms with E-state index in [4.69, 9.17) is 10.00 Å². The van der Waals surface area contributed by atoms with Gasteiger partial charge in [0.2, 0.25) is 0 Å². The Balaban J connectivity index is 2.82. The zero-order valence-electron chi connectivity index (χ0n) is 10.4. The highest BCUT2D eigenvalue weighted by molar-refractivity contribution is 9.09. The van der Waals surface area contributed by atoms with E-state index >= 15 is 0 Å². The van der Waals surface area contributed by atoms with E-state index in [-0.39, 0.29) is 12.4 Å². The van der Waals surface area contributed by atoms with Crippen molar-refractivity contribution >= 4 is 21.9 Å². The fraction of sp³-hybridized carbons (Fsp3) is 0.429. The van der Waals surface area contributed by atoms with Gasteiger partial charge in [-0.1, -0.05) is 28.1 Å². The van der Waals surface area contributed by atoms with Crippen LogP contribution < -0.4 is 0 Å². The molecule has 1 rings (SSSR count). The maximum atomic E-state index is 11.4. The predicted octanol–water partition coefficient (Wildman–Crippen LogP) is 2.99. The molecule has 4 heteroatoms. The Labute approximate surface area is 116 Å². The Morgan fingerprint density at radius 3 is 2.89 bits per heavy atom. The lowest BCUT2D eigenvalue weighted by molar-refractivity contribution is -0.142. The second-order valence-corrected chi connectivity index (χ2v) is 4.67. The van der Waals surface area contributed by atoms with E-state index < -0.39 is 0 Å². The lowest BCUT2D eigenvalue weighted by atomic mass is 9.99. The molecule has 0 bridgehead atoms. The van der Waals surface area contributed by atoms with Crippen LogP contribution in [-0.4, -0.2) is 17.9 Å². The first-order valence-electron chi connectivity index (χ1n) is 5.94. The summed E-state index contributed by atoms with van der Waals surface area (Å²) in [4.78, 5) is 11.4. The molecule has 1 aromatic carbocycles. The van der Waals surface area contributed by atoms with Gasteiger partial charge in [-0.15, -0.1) is 0 Å². The Kier molecular flexibility index (Phi) is 6.45. The van der Waals surface area contributed by atoms with Crippen molar-refractivity contribution < 1.29 is 9.53 Å². The number of benzene rings is 1. The molecule has 0 heterocycles. The van der Waals surface area contributed by atoms with Crippen LogP contribution in [0.5, 0.6) is 0 Å². The van der Waals surface area contributed by atoms with Crippen LogP contribution in [0.15, 0.2) is 18.2 Å². The van der Waals surface area contributed by atoms with Gasteiger partial charge in [0.15, 0.2) is 0 Å². The van der Waals surface area contributed by atoms with Gasteiger partial charge in [-0.3, -0.25) is 4.79 Å². The molecule has 0 unspecified atom stereocenters. The first kappa shape index (κ1) is 14.7. The van der Waals surface area contributed by atoms with Crippen LogP contribution in [0.2, 0.25) is 0 Å². The van der Waals surface area contributed by atoms with E-state index in [0.29, 0.717) is 12.2 Å². The fourth-order valence-corrected chi connectivity index (χ4v) is 1.99. The third kappa shape index (κ3) is 4.50.